The van der Waals surface area contributed by atoms with Crippen LogP contribution in [-0.2, 0) is 11.2 Å². The van der Waals surface area contributed by atoms with Crippen LogP contribution >= 0.6 is 11.6 Å². The molecule has 0 saturated carbocycles. The first-order valence-electron chi connectivity index (χ1n) is 9.59. The fraction of sp³-hybridized carbons (Fsp3) is 0.409. The molecule has 2 aromatic carbocycles. The van der Waals surface area contributed by atoms with E-state index in [0.29, 0.717) is 48.3 Å². The Balaban J connectivity index is 1.98. The van der Waals surface area contributed by atoms with E-state index in [1.807, 2.05) is 25.1 Å². The van der Waals surface area contributed by atoms with Crippen LogP contribution in [0.4, 0.5) is 5.69 Å². The average molecular weight is 406 g/mol. The predicted octanol–water partition coefficient (Wildman–Crippen LogP) is 5.50. The van der Waals surface area contributed by atoms with E-state index in [9.17, 15) is 4.79 Å². The second kappa shape index (κ2) is 11.4. The van der Waals surface area contributed by atoms with Crippen molar-refractivity contribution < 1.29 is 19.0 Å². The maximum absolute atomic E-state index is 12.4. The lowest BCUT2D eigenvalue weighted by Gasteiger charge is -2.14. The van der Waals surface area contributed by atoms with E-state index < -0.39 is 0 Å². The van der Waals surface area contributed by atoms with E-state index >= 15 is 0 Å². The summed E-state index contributed by atoms with van der Waals surface area (Å²) in [6, 6.07) is 10.9. The summed E-state index contributed by atoms with van der Waals surface area (Å²) in [5.41, 5.74) is 1.58. The minimum absolute atomic E-state index is 0.109. The van der Waals surface area contributed by atoms with Crippen molar-refractivity contribution in [1.82, 2.24) is 0 Å². The van der Waals surface area contributed by atoms with Gasteiger partial charge in [0.15, 0.2) is 11.5 Å². The molecular formula is C22H28ClNO4. The van der Waals surface area contributed by atoms with Crippen LogP contribution in [0.5, 0.6) is 17.2 Å². The van der Waals surface area contributed by atoms with Crippen LogP contribution in [-0.4, -0.2) is 26.2 Å². The number of rotatable bonds is 11. The smallest absolute Gasteiger partial charge is 0.224 e. The summed E-state index contributed by atoms with van der Waals surface area (Å²) in [6.07, 6.45) is 3.00. The summed E-state index contributed by atoms with van der Waals surface area (Å²) in [6.45, 7) is 5.29. The van der Waals surface area contributed by atoms with Crippen molar-refractivity contribution in [3.63, 3.8) is 0 Å². The molecule has 0 aromatic heterocycles. The van der Waals surface area contributed by atoms with E-state index in [0.717, 1.165) is 24.2 Å². The van der Waals surface area contributed by atoms with Gasteiger partial charge in [-0.3, -0.25) is 4.79 Å². The van der Waals surface area contributed by atoms with Gasteiger partial charge >= 0.3 is 0 Å². The van der Waals surface area contributed by atoms with Crippen molar-refractivity contribution in [2.45, 2.75) is 39.5 Å². The van der Waals surface area contributed by atoms with Crippen molar-refractivity contribution in [3.05, 3.63) is 47.0 Å². The highest BCUT2D eigenvalue weighted by Gasteiger charge is 2.11. The number of hydrogen-bond donors (Lipinski definition) is 1. The maximum atomic E-state index is 12.4. The molecule has 2 aromatic rings. The van der Waals surface area contributed by atoms with Crippen molar-refractivity contribution in [2.75, 3.05) is 25.6 Å². The fourth-order valence-corrected chi connectivity index (χ4v) is 2.84. The minimum atomic E-state index is -0.109. The number of nitrogens with one attached hydrogen (secondary N) is 1. The summed E-state index contributed by atoms with van der Waals surface area (Å²) in [5.74, 6) is 1.92. The summed E-state index contributed by atoms with van der Waals surface area (Å²) in [7, 11) is 1.55. The highest BCUT2D eigenvalue weighted by atomic mass is 35.5. The van der Waals surface area contributed by atoms with Gasteiger partial charge in [0, 0.05) is 11.4 Å². The first kappa shape index (κ1) is 21.9. The predicted molar refractivity (Wildman–Crippen MR) is 113 cm³/mol. The Morgan fingerprint density at radius 3 is 2.54 bits per heavy atom. The molecule has 0 heterocycles. The number of carbonyl (C=O) groups excluding carboxylic acids is 1. The molecule has 0 bridgehead atoms. The van der Waals surface area contributed by atoms with Crippen LogP contribution in [0, 0.1) is 0 Å². The summed E-state index contributed by atoms with van der Waals surface area (Å²) >= 11 is 6.00. The molecule has 0 radical (unpaired) electrons. The molecule has 1 amide bonds. The lowest BCUT2D eigenvalue weighted by Crippen LogP contribution is -2.13. The average Bonchev–Trinajstić information content (AvgIpc) is 2.68. The number of methoxy groups -OCH3 is 1. The van der Waals surface area contributed by atoms with Gasteiger partial charge in [0.05, 0.1) is 26.0 Å². The lowest BCUT2D eigenvalue weighted by molar-refractivity contribution is -0.116. The number of hydrogen-bond acceptors (Lipinski definition) is 4. The van der Waals surface area contributed by atoms with Crippen molar-refractivity contribution >= 4 is 23.2 Å². The Hall–Kier alpha value is -2.40. The fourth-order valence-electron chi connectivity index (χ4n) is 2.67. The molecule has 5 nitrogen and oxygen atoms in total. The molecule has 6 heteroatoms. The summed E-state index contributed by atoms with van der Waals surface area (Å²) in [4.78, 5) is 12.4. The zero-order valence-electron chi connectivity index (χ0n) is 16.7. The summed E-state index contributed by atoms with van der Waals surface area (Å²) in [5, 5.41) is 3.39. The Bertz CT molecular complexity index is 779. The second-order valence-electron chi connectivity index (χ2n) is 6.31. The normalized spacial score (nSPS) is 10.4. The molecule has 0 aliphatic rings. The van der Waals surface area contributed by atoms with Gasteiger partial charge in [-0.1, -0.05) is 31.0 Å². The standard InChI is InChI=1S/C22H28ClNO4/c1-4-6-13-28-20-10-7-16(14-21(20)27-5-2)8-12-22(25)24-18-15-17(23)9-11-19(18)26-3/h7,9-11,14-15H,4-6,8,12-13H2,1-3H3,(H,24,25). The zero-order chi connectivity index (χ0) is 20.4. The molecule has 0 atom stereocenters. The maximum Gasteiger partial charge on any atom is 0.224 e. The quantitative estimate of drug-likeness (QED) is 0.501. The van der Waals surface area contributed by atoms with Crippen LogP contribution in [0.1, 0.15) is 38.7 Å². The molecule has 28 heavy (non-hydrogen) atoms. The number of carbonyl (C=O) groups is 1. The Labute approximate surface area is 171 Å². The Kier molecular flexibility index (Phi) is 8.95. The topological polar surface area (TPSA) is 56.8 Å². The third-order valence-electron chi connectivity index (χ3n) is 4.14. The van der Waals surface area contributed by atoms with Gasteiger partial charge in [0.2, 0.25) is 5.91 Å². The van der Waals surface area contributed by atoms with Crippen LogP contribution in [0.2, 0.25) is 5.02 Å². The molecule has 2 rings (SSSR count). The van der Waals surface area contributed by atoms with Crippen molar-refractivity contribution in [2.24, 2.45) is 0 Å². The van der Waals surface area contributed by atoms with Gasteiger partial charge in [-0.2, -0.15) is 0 Å². The van der Waals surface area contributed by atoms with Gasteiger partial charge in [-0.05, 0) is 55.7 Å². The number of anilines is 1. The van der Waals surface area contributed by atoms with Crippen LogP contribution in [0.25, 0.3) is 0 Å². The van der Waals surface area contributed by atoms with E-state index in [2.05, 4.69) is 12.2 Å². The Morgan fingerprint density at radius 1 is 1.04 bits per heavy atom. The monoisotopic (exact) mass is 405 g/mol. The minimum Gasteiger partial charge on any atom is -0.495 e. The molecule has 0 spiro atoms. The van der Waals surface area contributed by atoms with E-state index in [-0.39, 0.29) is 5.91 Å². The largest absolute Gasteiger partial charge is 0.495 e. The number of benzene rings is 2. The molecule has 0 unspecified atom stereocenters. The lowest BCUT2D eigenvalue weighted by atomic mass is 10.1. The van der Waals surface area contributed by atoms with E-state index in [4.69, 9.17) is 25.8 Å². The molecule has 0 aliphatic heterocycles. The highest BCUT2D eigenvalue weighted by molar-refractivity contribution is 6.31. The third kappa shape index (κ3) is 6.64. The SMILES string of the molecule is CCCCOc1ccc(CCC(=O)Nc2cc(Cl)ccc2OC)cc1OCC. The molecular weight excluding hydrogens is 378 g/mol. The van der Waals surface area contributed by atoms with Crippen molar-refractivity contribution in [1.29, 1.82) is 0 Å². The highest BCUT2D eigenvalue weighted by Crippen LogP contribution is 2.30. The number of amides is 1. The molecule has 1 N–H and O–H groups in total. The second-order valence-corrected chi connectivity index (χ2v) is 6.75. The van der Waals surface area contributed by atoms with Crippen LogP contribution < -0.4 is 19.5 Å². The van der Waals surface area contributed by atoms with Gasteiger partial charge in [0.1, 0.15) is 5.75 Å². The number of ether oxygens (including phenoxy) is 3. The number of aryl methyl sites for hydroxylation is 1. The van der Waals surface area contributed by atoms with Gasteiger partial charge < -0.3 is 19.5 Å². The van der Waals surface area contributed by atoms with E-state index in [1.165, 1.54) is 0 Å². The molecule has 0 saturated heterocycles. The van der Waals surface area contributed by atoms with Gasteiger partial charge in [-0.15, -0.1) is 0 Å². The molecule has 0 aliphatic carbocycles. The summed E-state index contributed by atoms with van der Waals surface area (Å²) < 4.78 is 16.7. The number of halogens is 1. The van der Waals surface area contributed by atoms with Crippen molar-refractivity contribution in [3.8, 4) is 17.2 Å². The molecule has 0 fully saturated rings. The van der Waals surface area contributed by atoms with Gasteiger partial charge in [0.25, 0.3) is 0 Å². The van der Waals surface area contributed by atoms with E-state index in [1.54, 1.807) is 25.3 Å². The molecule has 152 valence electrons. The number of unbranched alkanes of at least 4 members (excludes halogenated alkanes) is 1. The Morgan fingerprint density at radius 2 is 1.82 bits per heavy atom. The first-order chi connectivity index (χ1) is 13.6. The van der Waals surface area contributed by atoms with Crippen LogP contribution in [0.3, 0.4) is 0 Å². The third-order valence-corrected chi connectivity index (χ3v) is 4.37. The van der Waals surface area contributed by atoms with Crippen LogP contribution in [0.15, 0.2) is 36.4 Å². The zero-order valence-corrected chi connectivity index (χ0v) is 17.5. The van der Waals surface area contributed by atoms with Gasteiger partial charge in [-0.25, -0.2) is 0 Å². The first-order valence-corrected chi connectivity index (χ1v) is 9.97.